The van der Waals surface area contributed by atoms with Crippen molar-refractivity contribution in [3.05, 3.63) is 84.8 Å². The number of nitro benzene ring substituents is 1. The molecule has 0 atom stereocenters. The molecule has 0 amide bonds. The van der Waals surface area contributed by atoms with Gasteiger partial charge in [0.1, 0.15) is 0 Å². The lowest BCUT2D eigenvalue weighted by molar-refractivity contribution is -0.385. The predicted octanol–water partition coefficient (Wildman–Crippen LogP) is 7.33. The van der Waals surface area contributed by atoms with Crippen molar-refractivity contribution < 1.29 is 10.0 Å². The van der Waals surface area contributed by atoms with Gasteiger partial charge >= 0.3 is 0 Å². The lowest BCUT2D eigenvalue weighted by Crippen LogP contribution is -2.03. The number of hydrogen-bond acceptors (Lipinski definition) is 5. The number of nitro groups is 1. The van der Waals surface area contributed by atoms with Crippen LogP contribution >= 0.6 is 46.6 Å². The van der Waals surface area contributed by atoms with E-state index in [1.165, 1.54) is 23.9 Å². The van der Waals surface area contributed by atoms with E-state index in [-0.39, 0.29) is 23.0 Å². The van der Waals surface area contributed by atoms with Crippen LogP contribution in [0.25, 0.3) is 0 Å². The van der Waals surface area contributed by atoms with Crippen molar-refractivity contribution in [2.75, 3.05) is 5.32 Å². The molecule has 150 valence electrons. The van der Waals surface area contributed by atoms with Gasteiger partial charge < -0.3 is 10.4 Å². The first-order valence-corrected chi connectivity index (χ1v) is 10.3. The molecule has 0 aliphatic heterocycles. The fraction of sp³-hybridized carbons (Fsp3) is 0.100. The molecule has 0 aliphatic carbocycles. The van der Waals surface area contributed by atoms with Crippen LogP contribution in [0.5, 0.6) is 5.75 Å². The molecular weight excluding hydrogens is 455 g/mol. The first-order valence-electron chi connectivity index (χ1n) is 8.38. The standard InChI is InChI=1S/C20H15Cl3N2O3S/c1-11-16(22)9-17(20(26)19(11)23)24-10-12-8-14(25(27)28)4-7-18(12)29-15-5-2-13(21)3-6-15/h2-9,24,26H,10H2,1H3. The predicted molar refractivity (Wildman–Crippen MR) is 119 cm³/mol. The number of benzene rings is 3. The summed E-state index contributed by atoms with van der Waals surface area (Å²) in [6.45, 7) is 1.93. The summed E-state index contributed by atoms with van der Waals surface area (Å²) >= 11 is 19.6. The van der Waals surface area contributed by atoms with E-state index in [9.17, 15) is 15.2 Å². The van der Waals surface area contributed by atoms with Crippen molar-refractivity contribution in [1.82, 2.24) is 0 Å². The Balaban J connectivity index is 1.91. The van der Waals surface area contributed by atoms with Gasteiger partial charge in [-0.05, 0) is 54.4 Å². The Morgan fingerprint density at radius 1 is 1.10 bits per heavy atom. The van der Waals surface area contributed by atoms with Crippen molar-refractivity contribution >= 4 is 57.9 Å². The van der Waals surface area contributed by atoms with E-state index >= 15 is 0 Å². The number of aromatic hydroxyl groups is 1. The van der Waals surface area contributed by atoms with Crippen LogP contribution < -0.4 is 5.32 Å². The molecule has 0 spiro atoms. The largest absolute Gasteiger partial charge is 0.504 e. The zero-order valence-corrected chi connectivity index (χ0v) is 18.2. The number of non-ortho nitro benzene ring substituents is 1. The minimum atomic E-state index is -0.447. The number of phenols is 1. The molecule has 0 unspecified atom stereocenters. The summed E-state index contributed by atoms with van der Waals surface area (Å²) in [5.74, 6) is -0.120. The van der Waals surface area contributed by atoms with Crippen LogP contribution in [0.15, 0.2) is 58.3 Å². The molecular formula is C20H15Cl3N2O3S. The average Bonchev–Trinajstić information content (AvgIpc) is 2.70. The van der Waals surface area contributed by atoms with Gasteiger partial charge in [-0.2, -0.15) is 0 Å². The zero-order chi connectivity index (χ0) is 21.1. The Kier molecular flexibility index (Phi) is 6.80. The normalized spacial score (nSPS) is 10.8. The molecule has 9 heteroatoms. The number of halogens is 3. The second kappa shape index (κ2) is 9.13. The zero-order valence-electron chi connectivity index (χ0n) is 15.1. The highest BCUT2D eigenvalue weighted by Gasteiger charge is 2.15. The highest BCUT2D eigenvalue weighted by Crippen LogP contribution is 2.40. The van der Waals surface area contributed by atoms with Gasteiger partial charge in [-0.25, -0.2) is 0 Å². The SMILES string of the molecule is Cc1c(Cl)cc(NCc2cc([N+](=O)[O-])ccc2Sc2ccc(Cl)cc2)c(O)c1Cl. The third-order valence-corrected chi connectivity index (χ3v) is 6.42. The number of rotatable bonds is 6. The van der Waals surface area contributed by atoms with Crippen molar-refractivity contribution in [2.45, 2.75) is 23.3 Å². The van der Waals surface area contributed by atoms with Gasteiger partial charge in [0.15, 0.2) is 5.75 Å². The van der Waals surface area contributed by atoms with E-state index in [4.69, 9.17) is 34.8 Å². The number of phenolic OH excluding ortho intramolecular Hbond substituents is 1. The van der Waals surface area contributed by atoms with Crippen molar-refractivity contribution in [2.24, 2.45) is 0 Å². The second-order valence-electron chi connectivity index (χ2n) is 6.15. The molecule has 2 N–H and O–H groups in total. The molecule has 3 aromatic carbocycles. The first-order chi connectivity index (χ1) is 13.8. The van der Waals surface area contributed by atoms with Crippen LogP contribution in [0.3, 0.4) is 0 Å². The Morgan fingerprint density at radius 3 is 2.45 bits per heavy atom. The van der Waals surface area contributed by atoms with E-state index in [2.05, 4.69) is 5.32 Å². The maximum Gasteiger partial charge on any atom is 0.269 e. The molecule has 3 aromatic rings. The summed E-state index contributed by atoms with van der Waals surface area (Å²) in [5, 5.41) is 25.7. The molecule has 0 saturated carbocycles. The minimum absolute atomic E-state index is 0.0218. The van der Waals surface area contributed by atoms with E-state index in [1.807, 2.05) is 12.1 Å². The van der Waals surface area contributed by atoms with E-state index in [1.54, 1.807) is 31.2 Å². The molecule has 29 heavy (non-hydrogen) atoms. The summed E-state index contributed by atoms with van der Waals surface area (Å²) in [6, 6.07) is 13.5. The van der Waals surface area contributed by atoms with Gasteiger partial charge in [-0.3, -0.25) is 10.1 Å². The fourth-order valence-electron chi connectivity index (χ4n) is 2.58. The van der Waals surface area contributed by atoms with Crippen molar-refractivity contribution in [3.8, 4) is 5.75 Å². The fourth-order valence-corrected chi connectivity index (χ4v) is 4.08. The Labute approximate surface area is 186 Å². The summed E-state index contributed by atoms with van der Waals surface area (Å²) < 4.78 is 0. The molecule has 5 nitrogen and oxygen atoms in total. The molecule has 0 fully saturated rings. The Bertz CT molecular complexity index is 1080. The molecule has 0 saturated heterocycles. The van der Waals surface area contributed by atoms with Gasteiger partial charge in [0, 0.05) is 38.5 Å². The molecule has 0 heterocycles. The van der Waals surface area contributed by atoms with E-state index < -0.39 is 4.92 Å². The molecule has 3 rings (SSSR count). The van der Waals surface area contributed by atoms with Crippen LogP contribution in [0, 0.1) is 17.0 Å². The molecule has 0 aliphatic rings. The summed E-state index contributed by atoms with van der Waals surface area (Å²) in [4.78, 5) is 12.5. The maximum atomic E-state index is 11.2. The van der Waals surface area contributed by atoms with E-state index in [0.717, 1.165) is 9.79 Å². The first kappa shape index (κ1) is 21.6. The van der Waals surface area contributed by atoms with Crippen molar-refractivity contribution in [3.63, 3.8) is 0 Å². The monoisotopic (exact) mass is 468 g/mol. The van der Waals surface area contributed by atoms with Gasteiger partial charge in [-0.1, -0.05) is 46.6 Å². The van der Waals surface area contributed by atoms with Crippen LogP contribution in [-0.4, -0.2) is 10.0 Å². The number of nitrogens with zero attached hydrogens (tertiary/aromatic N) is 1. The molecule has 0 aromatic heterocycles. The van der Waals surface area contributed by atoms with Gasteiger partial charge in [0.05, 0.1) is 15.6 Å². The second-order valence-corrected chi connectivity index (χ2v) is 8.49. The van der Waals surface area contributed by atoms with Gasteiger partial charge in [0.25, 0.3) is 5.69 Å². The average molecular weight is 470 g/mol. The topological polar surface area (TPSA) is 75.4 Å². The number of anilines is 1. The maximum absolute atomic E-state index is 11.2. The lowest BCUT2D eigenvalue weighted by atomic mass is 10.1. The van der Waals surface area contributed by atoms with Gasteiger partial charge in [0.2, 0.25) is 0 Å². The third kappa shape index (κ3) is 5.08. The lowest BCUT2D eigenvalue weighted by Gasteiger charge is -2.14. The Morgan fingerprint density at radius 2 is 1.79 bits per heavy atom. The highest BCUT2D eigenvalue weighted by molar-refractivity contribution is 7.99. The van der Waals surface area contributed by atoms with Crippen LogP contribution in [0.1, 0.15) is 11.1 Å². The summed E-state index contributed by atoms with van der Waals surface area (Å²) in [6.07, 6.45) is 0. The molecule has 0 bridgehead atoms. The highest BCUT2D eigenvalue weighted by atomic mass is 35.5. The molecule has 0 radical (unpaired) electrons. The van der Waals surface area contributed by atoms with Crippen molar-refractivity contribution in [1.29, 1.82) is 0 Å². The smallest absolute Gasteiger partial charge is 0.269 e. The number of nitrogens with one attached hydrogen (secondary N) is 1. The van der Waals surface area contributed by atoms with Gasteiger partial charge in [-0.15, -0.1) is 0 Å². The Hall–Kier alpha value is -2.12. The number of hydrogen-bond donors (Lipinski definition) is 2. The van der Waals surface area contributed by atoms with Crippen LogP contribution in [-0.2, 0) is 6.54 Å². The summed E-state index contributed by atoms with van der Waals surface area (Å²) in [7, 11) is 0. The van der Waals surface area contributed by atoms with E-state index in [0.29, 0.717) is 26.9 Å². The van der Waals surface area contributed by atoms with Crippen LogP contribution in [0.4, 0.5) is 11.4 Å². The van der Waals surface area contributed by atoms with Crippen LogP contribution in [0.2, 0.25) is 15.1 Å². The third-order valence-electron chi connectivity index (χ3n) is 4.19. The summed E-state index contributed by atoms with van der Waals surface area (Å²) in [5.41, 5.74) is 1.59. The minimum Gasteiger partial charge on any atom is -0.504 e. The quantitative estimate of drug-likeness (QED) is 0.224.